The third kappa shape index (κ3) is 2.82. The van der Waals surface area contributed by atoms with Crippen LogP contribution in [0.4, 0.5) is 0 Å². The van der Waals surface area contributed by atoms with E-state index in [9.17, 15) is 4.79 Å². The fourth-order valence-electron chi connectivity index (χ4n) is 1.75. The van der Waals surface area contributed by atoms with Crippen LogP contribution in [-0.4, -0.2) is 25.5 Å². The Balaban J connectivity index is 2.11. The summed E-state index contributed by atoms with van der Waals surface area (Å²) in [7, 11) is 1.67. The van der Waals surface area contributed by atoms with Crippen molar-refractivity contribution < 1.29 is 4.79 Å². The summed E-state index contributed by atoms with van der Waals surface area (Å²) in [6.45, 7) is 3.10. The topological polar surface area (TPSA) is 64.7 Å². The van der Waals surface area contributed by atoms with Crippen LogP contribution in [0.15, 0.2) is 16.9 Å². The molecule has 0 saturated carbocycles. The van der Waals surface area contributed by atoms with E-state index in [0.29, 0.717) is 17.3 Å². The van der Waals surface area contributed by atoms with Crippen molar-refractivity contribution in [2.24, 2.45) is 7.05 Å². The van der Waals surface area contributed by atoms with Gasteiger partial charge in [-0.25, -0.2) is 0 Å². The Kier molecular flexibility index (Phi) is 4.26. The second-order valence-electron chi connectivity index (χ2n) is 3.90. The highest BCUT2D eigenvalue weighted by atomic mass is 79.9. The first-order valence-corrected chi connectivity index (χ1v) is 6.87. The summed E-state index contributed by atoms with van der Waals surface area (Å²) in [5.74, 6) is -0.263. The van der Waals surface area contributed by atoms with E-state index in [-0.39, 0.29) is 5.91 Å². The summed E-state index contributed by atoms with van der Waals surface area (Å²) in [5.41, 5.74) is 1.26. The van der Waals surface area contributed by atoms with E-state index in [4.69, 9.17) is 11.6 Å². The molecule has 2 aromatic rings. The van der Waals surface area contributed by atoms with Crippen LogP contribution in [0.1, 0.15) is 23.1 Å². The lowest BCUT2D eigenvalue weighted by Crippen LogP contribution is -2.26. The van der Waals surface area contributed by atoms with Gasteiger partial charge in [-0.15, -0.1) is 0 Å². The van der Waals surface area contributed by atoms with Crippen molar-refractivity contribution in [2.75, 3.05) is 0 Å². The maximum atomic E-state index is 12.1. The minimum absolute atomic E-state index is 0.263. The van der Waals surface area contributed by atoms with E-state index in [1.54, 1.807) is 13.2 Å². The molecule has 8 heteroatoms. The molecule has 0 aliphatic rings. The second kappa shape index (κ2) is 5.75. The second-order valence-corrected chi connectivity index (χ2v) is 5.16. The van der Waals surface area contributed by atoms with Crippen LogP contribution in [0, 0.1) is 0 Å². The van der Waals surface area contributed by atoms with E-state index in [2.05, 4.69) is 31.4 Å². The first-order chi connectivity index (χ1) is 9.04. The van der Waals surface area contributed by atoms with Gasteiger partial charge in [-0.3, -0.25) is 14.2 Å². The lowest BCUT2D eigenvalue weighted by molar-refractivity contribution is 0.0940. The number of hydrogen-bond donors (Lipinski definition) is 1. The largest absolute Gasteiger partial charge is 0.345 e. The zero-order valence-electron chi connectivity index (χ0n) is 10.5. The van der Waals surface area contributed by atoms with Crippen molar-refractivity contribution in [3.63, 3.8) is 0 Å². The number of carbonyl (C=O) groups excluding carboxylic acids is 1. The lowest BCUT2D eigenvalue weighted by Gasteiger charge is -2.08. The predicted molar refractivity (Wildman–Crippen MR) is 75.0 cm³/mol. The molecule has 0 spiro atoms. The maximum absolute atomic E-state index is 12.1. The van der Waals surface area contributed by atoms with E-state index in [1.807, 2.05) is 11.6 Å². The van der Waals surface area contributed by atoms with E-state index in [0.717, 1.165) is 16.7 Å². The number of rotatable bonds is 4. The van der Waals surface area contributed by atoms with E-state index >= 15 is 0 Å². The molecule has 0 aromatic carbocycles. The number of aromatic nitrogens is 4. The van der Waals surface area contributed by atoms with Gasteiger partial charge in [-0.2, -0.15) is 10.2 Å². The fraction of sp³-hybridized carbons (Fsp3) is 0.364. The summed E-state index contributed by atoms with van der Waals surface area (Å²) in [6, 6.07) is 0. The molecule has 0 unspecified atom stereocenters. The molecule has 0 aliphatic carbocycles. The number of carbonyl (C=O) groups is 1. The third-order valence-corrected chi connectivity index (χ3v) is 3.66. The van der Waals surface area contributed by atoms with Crippen molar-refractivity contribution in [3.05, 3.63) is 33.3 Å². The average Bonchev–Trinajstić information content (AvgIpc) is 2.90. The molecule has 0 atom stereocenters. The molecule has 0 fully saturated rings. The number of nitrogens with zero attached hydrogens (tertiary/aromatic N) is 4. The SMILES string of the molecule is CCn1ncc(Br)c1CNC(=O)c1c(Cl)cnn1C. The van der Waals surface area contributed by atoms with Crippen LogP contribution in [0.2, 0.25) is 5.02 Å². The Hall–Kier alpha value is -1.34. The quantitative estimate of drug-likeness (QED) is 0.920. The van der Waals surface area contributed by atoms with Crippen LogP contribution in [-0.2, 0) is 20.1 Å². The number of nitrogens with one attached hydrogen (secondary N) is 1. The third-order valence-electron chi connectivity index (χ3n) is 2.72. The van der Waals surface area contributed by atoms with Crippen molar-refractivity contribution >= 4 is 33.4 Å². The molecule has 0 aliphatic heterocycles. The molecule has 0 saturated heterocycles. The molecular weight excluding hydrogens is 334 g/mol. The minimum atomic E-state index is -0.263. The van der Waals surface area contributed by atoms with Crippen molar-refractivity contribution in [3.8, 4) is 0 Å². The predicted octanol–water partition coefficient (Wildman–Crippen LogP) is 1.98. The molecule has 1 amide bonds. The summed E-state index contributed by atoms with van der Waals surface area (Å²) in [5, 5.41) is 11.3. The van der Waals surface area contributed by atoms with Crippen LogP contribution in [0.25, 0.3) is 0 Å². The lowest BCUT2D eigenvalue weighted by atomic mass is 10.3. The zero-order valence-corrected chi connectivity index (χ0v) is 12.9. The number of halogens is 2. The molecule has 6 nitrogen and oxygen atoms in total. The summed E-state index contributed by atoms with van der Waals surface area (Å²) < 4.78 is 4.13. The van der Waals surface area contributed by atoms with Crippen LogP contribution < -0.4 is 5.32 Å². The van der Waals surface area contributed by atoms with Gasteiger partial charge in [0.15, 0.2) is 0 Å². The van der Waals surface area contributed by atoms with Crippen molar-refractivity contribution in [1.29, 1.82) is 0 Å². The Morgan fingerprint density at radius 3 is 2.79 bits per heavy atom. The smallest absolute Gasteiger partial charge is 0.271 e. The maximum Gasteiger partial charge on any atom is 0.271 e. The van der Waals surface area contributed by atoms with Crippen LogP contribution in [0.5, 0.6) is 0 Å². The van der Waals surface area contributed by atoms with Gasteiger partial charge < -0.3 is 5.32 Å². The number of aryl methyl sites for hydroxylation is 2. The highest BCUT2D eigenvalue weighted by molar-refractivity contribution is 9.10. The Bertz CT molecular complexity index is 587. The van der Waals surface area contributed by atoms with Crippen molar-refractivity contribution in [1.82, 2.24) is 24.9 Å². The van der Waals surface area contributed by atoms with E-state index < -0.39 is 0 Å². The molecule has 0 radical (unpaired) electrons. The minimum Gasteiger partial charge on any atom is -0.345 e. The first kappa shape index (κ1) is 14.1. The standard InChI is InChI=1S/C11H13BrClN5O/c1-3-18-9(7(12)4-16-18)6-14-11(19)10-8(13)5-15-17(10)2/h4-5H,3,6H2,1-2H3,(H,14,19). The normalized spacial score (nSPS) is 10.7. The number of hydrogen-bond acceptors (Lipinski definition) is 3. The fourth-order valence-corrected chi connectivity index (χ4v) is 2.44. The summed E-state index contributed by atoms with van der Waals surface area (Å²) in [4.78, 5) is 12.1. The molecule has 2 aromatic heterocycles. The molecule has 2 heterocycles. The Morgan fingerprint density at radius 1 is 1.47 bits per heavy atom. The zero-order chi connectivity index (χ0) is 14.0. The van der Waals surface area contributed by atoms with Crippen molar-refractivity contribution in [2.45, 2.75) is 20.0 Å². The first-order valence-electron chi connectivity index (χ1n) is 5.70. The Labute approximate surface area is 123 Å². The van der Waals surface area contributed by atoms with E-state index in [1.165, 1.54) is 10.9 Å². The van der Waals surface area contributed by atoms with Gasteiger partial charge >= 0.3 is 0 Å². The average molecular weight is 347 g/mol. The van der Waals surface area contributed by atoms with Gasteiger partial charge in [0, 0.05) is 13.6 Å². The van der Waals surface area contributed by atoms with Gasteiger partial charge in [0.25, 0.3) is 5.91 Å². The summed E-state index contributed by atoms with van der Waals surface area (Å²) >= 11 is 9.33. The molecule has 1 N–H and O–H groups in total. The summed E-state index contributed by atoms with van der Waals surface area (Å²) in [6.07, 6.45) is 3.16. The van der Waals surface area contributed by atoms with Crippen LogP contribution >= 0.6 is 27.5 Å². The van der Waals surface area contributed by atoms with Gasteiger partial charge in [0.1, 0.15) is 5.69 Å². The number of amides is 1. The molecule has 2 rings (SSSR count). The van der Waals surface area contributed by atoms with Gasteiger partial charge in [0.05, 0.1) is 34.1 Å². The molecular formula is C11H13BrClN5O. The van der Waals surface area contributed by atoms with Gasteiger partial charge in [-0.05, 0) is 22.9 Å². The highest BCUT2D eigenvalue weighted by Crippen LogP contribution is 2.17. The Morgan fingerprint density at radius 2 is 2.21 bits per heavy atom. The monoisotopic (exact) mass is 345 g/mol. The van der Waals surface area contributed by atoms with Gasteiger partial charge in [-0.1, -0.05) is 11.6 Å². The van der Waals surface area contributed by atoms with Gasteiger partial charge in [0.2, 0.25) is 0 Å². The van der Waals surface area contributed by atoms with Crippen LogP contribution in [0.3, 0.4) is 0 Å². The molecule has 0 bridgehead atoms. The highest BCUT2D eigenvalue weighted by Gasteiger charge is 2.16. The molecule has 102 valence electrons. The molecule has 19 heavy (non-hydrogen) atoms.